The molecular weight excluding hydrogens is 197 g/mol. The second-order valence-corrected chi connectivity index (χ2v) is 2.15. The normalized spacial score (nSPS) is 9.42. The highest BCUT2D eigenvalue weighted by atomic mass is 35.5. The molecule has 12 heavy (non-hydrogen) atoms. The lowest BCUT2D eigenvalue weighted by molar-refractivity contribution is 0.104. The predicted octanol–water partition coefficient (Wildman–Crippen LogP) is 2.44. The van der Waals surface area contributed by atoms with Crippen LogP contribution in [-0.2, 0) is 0 Å². The van der Waals surface area contributed by atoms with Crippen LogP contribution >= 0.6 is 24.0 Å². The molecule has 0 N–H and O–H groups in total. The lowest BCUT2D eigenvalue weighted by Gasteiger charge is -1.90. The molecule has 0 aromatic carbocycles. The standard InChI is InChI=1S/C8H6ClNO.ClH/c9-4-3-8(11)7-2-1-5-10-6-7;/h1-6H;1H. The van der Waals surface area contributed by atoms with E-state index < -0.39 is 0 Å². The van der Waals surface area contributed by atoms with Crippen LogP contribution in [0.2, 0.25) is 0 Å². The molecule has 0 atom stereocenters. The molecule has 1 heterocycles. The van der Waals surface area contributed by atoms with Crippen molar-refractivity contribution in [3.8, 4) is 0 Å². The maximum atomic E-state index is 11.0. The molecule has 0 amide bonds. The van der Waals surface area contributed by atoms with E-state index in [1.807, 2.05) is 0 Å². The Hall–Kier alpha value is -0.860. The Morgan fingerprint density at radius 1 is 1.58 bits per heavy atom. The van der Waals surface area contributed by atoms with Crippen molar-refractivity contribution < 1.29 is 4.79 Å². The summed E-state index contributed by atoms with van der Waals surface area (Å²) in [5.41, 5.74) is 1.74. The molecule has 0 unspecified atom stereocenters. The molecule has 0 radical (unpaired) electrons. The van der Waals surface area contributed by atoms with Crippen LogP contribution in [0.1, 0.15) is 10.4 Å². The molecule has 64 valence electrons. The fourth-order valence-electron chi connectivity index (χ4n) is 0.662. The van der Waals surface area contributed by atoms with Crippen LogP contribution in [-0.4, -0.2) is 10.8 Å². The van der Waals surface area contributed by atoms with Gasteiger partial charge in [-0.3, -0.25) is 9.78 Å². The minimum absolute atomic E-state index is 0. The number of rotatable bonds is 2. The van der Waals surface area contributed by atoms with Crippen molar-refractivity contribution >= 4 is 29.8 Å². The predicted molar refractivity (Wildman–Crippen MR) is 50.8 cm³/mol. The fraction of sp³-hybridized carbons (Fsp3) is 0. The lowest BCUT2D eigenvalue weighted by Crippen LogP contribution is -1.93. The van der Waals surface area contributed by atoms with E-state index in [0.717, 1.165) is 0 Å². The minimum Gasteiger partial charge on any atom is -0.289 e. The van der Waals surface area contributed by atoms with Crippen LogP contribution in [0.15, 0.2) is 36.1 Å². The Morgan fingerprint density at radius 3 is 2.83 bits per heavy atom. The van der Waals surface area contributed by atoms with Crippen molar-refractivity contribution in [3.05, 3.63) is 41.7 Å². The Bertz CT molecular complexity index is 272. The van der Waals surface area contributed by atoms with Crippen LogP contribution in [0.4, 0.5) is 0 Å². The highest BCUT2D eigenvalue weighted by Gasteiger charge is 1.98. The van der Waals surface area contributed by atoms with Gasteiger partial charge in [0.15, 0.2) is 5.78 Å². The van der Waals surface area contributed by atoms with Crippen LogP contribution in [0, 0.1) is 0 Å². The number of carbonyl (C=O) groups is 1. The first-order chi connectivity index (χ1) is 5.34. The zero-order valence-electron chi connectivity index (χ0n) is 6.11. The van der Waals surface area contributed by atoms with Gasteiger partial charge in [-0.05, 0) is 18.2 Å². The summed E-state index contributed by atoms with van der Waals surface area (Å²) >= 11 is 5.22. The molecule has 0 aliphatic rings. The molecular formula is C8H7Cl2NO. The van der Waals surface area contributed by atoms with Gasteiger partial charge in [-0.15, -0.1) is 12.4 Å². The summed E-state index contributed by atoms with van der Waals surface area (Å²) < 4.78 is 0. The average Bonchev–Trinajstić information content (AvgIpc) is 2.07. The van der Waals surface area contributed by atoms with E-state index in [4.69, 9.17) is 11.6 Å². The van der Waals surface area contributed by atoms with Crippen molar-refractivity contribution in [3.63, 3.8) is 0 Å². The molecule has 2 nitrogen and oxygen atoms in total. The van der Waals surface area contributed by atoms with Gasteiger partial charge in [0.25, 0.3) is 0 Å². The smallest absolute Gasteiger partial charge is 0.188 e. The Morgan fingerprint density at radius 2 is 2.33 bits per heavy atom. The molecule has 0 saturated carbocycles. The van der Waals surface area contributed by atoms with Gasteiger partial charge in [0.05, 0.1) is 0 Å². The van der Waals surface area contributed by atoms with E-state index >= 15 is 0 Å². The Balaban J connectivity index is 0.00000121. The van der Waals surface area contributed by atoms with E-state index in [2.05, 4.69) is 4.98 Å². The summed E-state index contributed by atoms with van der Waals surface area (Å²) in [6, 6.07) is 3.39. The van der Waals surface area contributed by atoms with Gasteiger partial charge in [0.1, 0.15) is 0 Å². The monoisotopic (exact) mass is 203 g/mol. The number of pyridine rings is 1. The van der Waals surface area contributed by atoms with Gasteiger partial charge in [0, 0.05) is 23.5 Å². The lowest BCUT2D eigenvalue weighted by atomic mass is 10.2. The van der Waals surface area contributed by atoms with E-state index in [9.17, 15) is 4.79 Å². The van der Waals surface area contributed by atoms with Crippen LogP contribution in [0.3, 0.4) is 0 Å². The number of allylic oxidation sites excluding steroid dienone is 1. The van der Waals surface area contributed by atoms with Gasteiger partial charge >= 0.3 is 0 Å². The van der Waals surface area contributed by atoms with Crippen LogP contribution in [0.5, 0.6) is 0 Å². The second-order valence-electron chi connectivity index (χ2n) is 1.90. The molecule has 0 bridgehead atoms. The van der Waals surface area contributed by atoms with Crippen molar-refractivity contribution in [2.75, 3.05) is 0 Å². The van der Waals surface area contributed by atoms with E-state index in [1.54, 1.807) is 18.3 Å². The van der Waals surface area contributed by atoms with Crippen LogP contribution in [0.25, 0.3) is 0 Å². The van der Waals surface area contributed by atoms with Gasteiger partial charge in [-0.1, -0.05) is 11.6 Å². The van der Waals surface area contributed by atoms with Gasteiger partial charge in [-0.25, -0.2) is 0 Å². The van der Waals surface area contributed by atoms with Gasteiger partial charge in [-0.2, -0.15) is 0 Å². The number of hydrogen-bond acceptors (Lipinski definition) is 2. The molecule has 1 aromatic heterocycles. The Labute approximate surface area is 81.7 Å². The van der Waals surface area contributed by atoms with E-state index in [0.29, 0.717) is 5.56 Å². The molecule has 1 aromatic rings. The van der Waals surface area contributed by atoms with E-state index in [-0.39, 0.29) is 18.2 Å². The Kier molecular flexibility index (Phi) is 5.34. The molecule has 4 heteroatoms. The highest BCUT2D eigenvalue weighted by Crippen LogP contribution is 1.98. The number of aromatic nitrogens is 1. The van der Waals surface area contributed by atoms with E-state index in [1.165, 1.54) is 17.8 Å². The first-order valence-corrected chi connectivity index (χ1v) is 3.49. The summed E-state index contributed by atoms with van der Waals surface area (Å²) in [5, 5.41) is 0. The van der Waals surface area contributed by atoms with Gasteiger partial charge in [0.2, 0.25) is 0 Å². The largest absolute Gasteiger partial charge is 0.289 e. The summed E-state index contributed by atoms with van der Waals surface area (Å²) in [4.78, 5) is 14.8. The summed E-state index contributed by atoms with van der Waals surface area (Å²) in [6.07, 6.45) is 4.40. The van der Waals surface area contributed by atoms with Crippen LogP contribution < -0.4 is 0 Å². The average molecular weight is 204 g/mol. The maximum Gasteiger partial charge on any atom is 0.188 e. The molecule has 0 aliphatic carbocycles. The van der Waals surface area contributed by atoms with Crippen molar-refractivity contribution in [1.29, 1.82) is 0 Å². The SMILES string of the molecule is Cl.O=C(C=CCl)c1cccnc1. The van der Waals surface area contributed by atoms with Crippen molar-refractivity contribution in [2.45, 2.75) is 0 Å². The first-order valence-electron chi connectivity index (χ1n) is 3.05. The molecule has 0 saturated heterocycles. The number of carbonyl (C=O) groups excluding carboxylic acids is 1. The van der Waals surface area contributed by atoms with Crippen molar-refractivity contribution in [1.82, 2.24) is 4.98 Å². The molecule has 1 rings (SSSR count). The quantitative estimate of drug-likeness (QED) is 0.547. The summed E-state index contributed by atoms with van der Waals surface area (Å²) in [5.74, 6) is -0.131. The molecule has 0 spiro atoms. The summed E-state index contributed by atoms with van der Waals surface area (Å²) in [7, 11) is 0. The zero-order chi connectivity index (χ0) is 8.10. The third-order valence-corrected chi connectivity index (χ3v) is 1.29. The first kappa shape index (κ1) is 11.1. The third-order valence-electron chi connectivity index (χ3n) is 1.16. The minimum atomic E-state index is -0.131. The topological polar surface area (TPSA) is 30.0 Å². The number of ketones is 1. The van der Waals surface area contributed by atoms with Crippen molar-refractivity contribution in [2.24, 2.45) is 0 Å². The summed E-state index contributed by atoms with van der Waals surface area (Å²) in [6.45, 7) is 0. The molecule has 0 fully saturated rings. The third kappa shape index (κ3) is 3.03. The highest BCUT2D eigenvalue weighted by molar-refractivity contribution is 6.27. The van der Waals surface area contributed by atoms with Gasteiger partial charge < -0.3 is 0 Å². The maximum absolute atomic E-state index is 11.0. The fourth-order valence-corrected chi connectivity index (χ4v) is 0.776. The number of halogens is 2. The molecule has 0 aliphatic heterocycles. The second kappa shape index (κ2) is 5.75. The zero-order valence-corrected chi connectivity index (χ0v) is 7.68. The number of nitrogens with zero attached hydrogens (tertiary/aromatic N) is 1. The number of hydrogen-bond donors (Lipinski definition) is 0.